The predicted molar refractivity (Wildman–Crippen MR) is 174 cm³/mol. The van der Waals surface area contributed by atoms with Gasteiger partial charge in [-0.05, 0) is 93.7 Å². The van der Waals surface area contributed by atoms with Crippen LogP contribution in [0, 0.1) is 12.7 Å². The molecule has 9 nitrogen and oxygen atoms in total. The van der Waals surface area contributed by atoms with Crippen molar-refractivity contribution in [2.75, 3.05) is 14.1 Å². The maximum Gasteiger partial charge on any atom is 0.271 e. The predicted octanol–water partition coefficient (Wildman–Crippen LogP) is 6.17. The van der Waals surface area contributed by atoms with Crippen LogP contribution in [0.3, 0.4) is 0 Å². The molecule has 2 amide bonds. The standard InChI is InChI=1S/C36H37FN6O3/c1-23-6-4-9-33-41-32(22-43(23)33)35(45)40-29-16-14-28(15-17-29)39-34(44)31-19-27(37)20-38-36(31)46-30-8-5-7-26(18-30)25-12-10-24(11-13-25)21-42(2)3/h4-13,18-20,22,28-29H,14-17,21H2,1-3H3,(H,39,44)(H,40,45)/t28-,29+. The molecule has 0 atom stereocenters. The average Bonchev–Trinajstić information content (AvgIpc) is 3.49. The summed E-state index contributed by atoms with van der Waals surface area (Å²) in [6, 6.07) is 22.5. The summed E-state index contributed by atoms with van der Waals surface area (Å²) in [5, 5.41) is 6.10. The van der Waals surface area contributed by atoms with E-state index >= 15 is 0 Å². The Morgan fingerprint density at radius 1 is 0.913 bits per heavy atom. The number of carbonyl (C=O) groups excluding carboxylic acids is 2. The maximum atomic E-state index is 14.3. The lowest BCUT2D eigenvalue weighted by Crippen LogP contribution is -2.44. The minimum atomic E-state index is -0.627. The first-order valence-corrected chi connectivity index (χ1v) is 15.5. The van der Waals surface area contributed by atoms with Gasteiger partial charge in [-0.15, -0.1) is 0 Å². The normalized spacial score (nSPS) is 16.4. The largest absolute Gasteiger partial charge is 0.438 e. The van der Waals surface area contributed by atoms with E-state index in [-0.39, 0.29) is 29.4 Å². The quantitative estimate of drug-likeness (QED) is 0.205. The molecule has 2 N–H and O–H groups in total. The summed E-state index contributed by atoms with van der Waals surface area (Å²) in [4.78, 5) is 36.9. The zero-order valence-electron chi connectivity index (χ0n) is 26.2. The fourth-order valence-electron chi connectivity index (χ4n) is 5.85. The second-order valence-electron chi connectivity index (χ2n) is 12.1. The van der Waals surface area contributed by atoms with Crippen molar-refractivity contribution >= 4 is 17.5 Å². The van der Waals surface area contributed by atoms with Crippen molar-refractivity contribution < 1.29 is 18.7 Å². The van der Waals surface area contributed by atoms with Crippen LogP contribution >= 0.6 is 0 Å². The van der Waals surface area contributed by atoms with Gasteiger partial charge in [0, 0.05) is 30.5 Å². The Hall–Kier alpha value is -5.09. The van der Waals surface area contributed by atoms with Gasteiger partial charge in [0.25, 0.3) is 11.8 Å². The summed E-state index contributed by atoms with van der Waals surface area (Å²) < 4.78 is 22.2. The topological polar surface area (TPSA) is 101 Å². The number of nitrogens with one attached hydrogen (secondary N) is 2. The number of halogens is 1. The molecule has 3 heterocycles. The van der Waals surface area contributed by atoms with Gasteiger partial charge in [-0.25, -0.2) is 14.4 Å². The van der Waals surface area contributed by atoms with Crippen LogP contribution in [0.4, 0.5) is 4.39 Å². The number of aryl methyl sites for hydroxylation is 1. The minimum Gasteiger partial charge on any atom is -0.438 e. The number of benzene rings is 2. The van der Waals surface area contributed by atoms with E-state index in [1.54, 1.807) is 12.3 Å². The van der Waals surface area contributed by atoms with E-state index in [1.807, 2.05) is 61.8 Å². The van der Waals surface area contributed by atoms with E-state index < -0.39 is 11.7 Å². The Morgan fingerprint density at radius 2 is 1.61 bits per heavy atom. The van der Waals surface area contributed by atoms with Gasteiger partial charge in [0.1, 0.15) is 28.5 Å². The van der Waals surface area contributed by atoms with Gasteiger partial charge in [0.2, 0.25) is 5.88 Å². The molecule has 0 radical (unpaired) electrons. The fraction of sp³-hybridized carbons (Fsp3) is 0.278. The van der Waals surface area contributed by atoms with Gasteiger partial charge >= 0.3 is 0 Å². The van der Waals surface area contributed by atoms with Crippen molar-refractivity contribution in [1.82, 2.24) is 29.9 Å². The zero-order chi connectivity index (χ0) is 32.2. The molecular formula is C36H37FN6O3. The molecule has 10 heteroatoms. The molecule has 2 aromatic carbocycles. The van der Waals surface area contributed by atoms with Crippen LogP contribution in [0.15, 0.2) is 85.2 Å². The molecule has 6 rings (SSSR count). The Balaban J connectivity index is 1.07. The number of fused-ring (bicyclic) bond motifs is 1. The third kappa shape index (κ3) is 7.24. The molecule has 5 aromatic rings. The van der Waals surface area contributed by atoms with E-state index in [9.17, 15) is 14.0 Å². The molecule has 0 spiro atoms. The van der Waals surface area contributed by atoms with Crippen molar-refractivity contribution in [3.8, 4) is 22.8 Å². The number of aromatic nitrogens is 3. The zero-order valence-corrected chi connectivity index (χ0v) is 26.2. The van der Waals surface area contributed by atoms with Gasteiger partial charge in [-0.1, -0.05) is 42.5 Å². The summed E-state index contributed by atoms with van der Waals surface area (Å²) in [6.45, 7) is 2.82. The van der Waals surface area contributed by atoms with Crippen LogP contribution in [-0.4, -0.2) is 57.3 Å². The highest BCUT2D eigenvalue weighted by Gasteiger charge is 2.26. The SMILES string of the molecule is Cc1cccc2nc(C(=O)N[C@H]3CC[C@@H](NC(=O)c4cc(F)cnc4Oc4cccc(-c5ccc(CN(C)C)cc5)c4)CC3)cn12. The van der Waals surface area contributed by atoms with Crippen LogP contribution in [0.5, 0.6) is 11.6 Å². The highest BCUT2D eigenvalue weighted by atomic mass is 19.1. The molecule has 0 aliphatic heterocycles. The lowest BCUT2D eigenvalue weighted by molar-refractivity contribution is 0.0888. The van der Waals surface area contributed by atoms with Gasteiger partial charge in [-0.2, -0.15) is 0 Å². The summed E-state index contributed by atoms with van der Waals surface area (Å²) in [5.41, 5.74) is 5.31. The van der Waals surface area contributed by atoms with Crippen molar-refractivity contribution in [2.24, 2.45) is 0 Å². The highest BCUT2D eigenvalue weighted by Crippen LogP contribution is 2.29. The van der Waals surface area contributed by atoms with Crippen molar-refractivity contribution in [3.05, 3.63) is 114 Å². The van der Waals surface area contributed by atoms with Crippen LogP contribution in [0.1, 0.15) is 57.8 Å². The molecule has 1 saturated carbocycles. The molecule has 1 aliphatic carbocycles. The smallest absolute Gasteiger partial charge is 0.271 e. The summed E-state index contributed by atoms with van der Waals surface area (Å²) in [6.07, 6.45) is 5.49. The number of amides is 2. The summed E-state index contributed by atoms with van der Waals surface area (Å²) in [7, 11) is 4.07. The number of rotatable bonds is 9. The van der Waals surface area contributed by atoms with Gasteiger partial charge in [-0.3, -0.25) is 9.59 Å². The molecule has 1 aliphatic rings. The van der Waals surface area contributed by atoms with Gasteiger partial charge < -0.3 is 24.7 Å². The molecule has 0 unspecified atom stereocenters. The van der Waals surface area contributed by atoms with E-state index in [0.29, 0.717) is 37.1 Å². The van der Waals surface area contributed by atoms with Gasteiger partial charge in [0.15, 0.2) is 0 Å². The monoisotopic (exact) mass is 620 g/mol. The van der Waals surface area contributed by atoms with E-state index in [4.69, 9.17) is 4.74 Å². The fourth-order valence-corrected chi connectivity index (χ4v) is 5.85. The highest BCUT2D eigenvalue weighted by molar-refractivity contribution is 5.96. The average molecular weight is 621 g/mol. The first-order valence-electron chi connectivity index (χ1n) is 15.5. The molecule has 236 valence electrons. The number of hydrogen-bond donors (Lipinski definition) is 2. The Labute approximate surface area is 267 Å². The first kappa shape index (κ1) is 30.9. The minimum absolute atomic E-state index is 0.0241. The molecular weight excluding hydrogens is 583 g/mol. The van der Waals surface area contributed by atoms with E-state index in [1.165, 1.54) is 5.56 Å². The van der Waals surface area contributed by atoms with Crippen LogP contribution in [0.25, 0.3) is 16.8 Å². The van der Waals surface area contributed by atoms with Crippen molar-refractivity contribution in [2.45, 2.75) is 51.2 Å². The first-order chi connectivity index (χ1) is 22.2. The summed E-state index contributed by atoms with van der Waals surface area (Å²) >= 11 is 0. The number of carbonyl (C=O) groups is 2. The summed E-state index contributed by atoms with van der Waals surface area (Å²) in [5.74, 6) is -0.783. The third-order valence-corrected chi connectivity index (χ3v) is 8.22. The number of pyridine rings is 2. The third-order valence-electron chi connectivity index (χ3n) is 8.22. The Bertz CT molecular complexity index is 1860. The van der Waals surface area contributed by atoms with Crippen LogP contribution < -0.4 is 15.4 Å². The second kappa shape index (κ2) is 13.5. The van der Waals surface area contributed by atoms with E-state index in [0.717, 1.165) is 41.3 Å². The Morgan fingerprint density at radius 3 is 2.30 bits per heavy atom. The van der Waals surface area contributed by atoms with Crippen LogP contribution in [0.2, 0.25) is 0 Å². The molecule has 0 saturated heterocycles. The van der Waals surface area contributed by atoms with Gasteiger partial charge in [0.05, 0.1) is 6.20 Å². The second-order valence-corrected chi connectivity index (χ2v) is 12.1. The molecule has 46 heavy (non-hydrogen) atoms. The number of nitrogens with zero attached hydrogens (tertiary/aromatic N) is 4. The number of imidazole rings is 1. The van der Waals surface area contributed by atoms with Crippen molar-refractivity contribution in [1.29, 1.82) is 0 Å². The lowest BCUT2D eigenvalue weighted by atomic mass is 9.91. The molecule has 1 fully saturated rings. The molecule has 3 aromatic heterocycles. The van der Waals surface area contributed by atoms with Crippen LogP contribution in [-0.2, 0) is 6.54 Å². The van der Waals surface area contributed by atoms with E-state index in [2.05, 4.69) is 49.8 Å². The number of ether oxygens (including phenoxy) is 1. The molecule has 0 bridgehead atoms. The van der Waals surface area contributed by atoms with Crippen molar-refractivity contribution in [3.63, 3.8) is 0 Å². The lowest BCUT2D eigenvalue weighted by Gasteiger charge is -2.29. The number of hydrogen-bond acceptors (Lipinski definition) is 6. The Kier molecular flexibility index (Phi) is 9.07. The maximum absolute atomic E-state index is 14.3.